The molecule has 1 aliphatic rings. The second-order valence-electron chi connectivity index (χ2n) is 6.44. The zero-order valence-electron chi connectivity index (χ0n) is 14.5. The first-order chi connectivity index (χ1) is 13.0. The lowest BCUT2D eigenvalue weighted by molar-refractivity contribution is 0.209. The second kappa shape index (κ2) is 6.49. The van der Waals surface area contributed by atoms with Crippen LogP contribution in [0.25, 0.3) is 5.65 Å². The van der Waals surface area contributed by atoms with Crippen molar-refractivity contribution < 1.29 is 9.90 Å². The van der Waals surface area contributed by atoms with E-state index < -0.39 is 6.09 Å². The number of nitrogens with zero attached hydrogens (tertiary/aromatic N) is 4. The van der Waals surface area contributed by atoms with Crippen LogP contribution in [0, 0.1) is 18.3 Å². The number of hydrogen-bond donors (Lipinski definition) is 4. The largest absolute Gasteiger partial charge is 0.465 e. The van der Waals surface area contributed by atoms with Gasteiger partial charge in [0.1, 0.15) is 6.07 Å². The van der Waals surface area contributed by atoms with Gasteiger partial charge in [-0.25, -0.2) is 9.78 Å². The van der Waals surface area contributed by atoms with Crippen molar-refractivity contribution in [1.29, 1.82) is 5.26 Å². The van der Waals surface area contributed by atoms with Crippen LogP contribution >= 0.6 is 0 Å². The van der Waals surface area contributed by atoms with E-state index in [9.17, 15) is 10.1 Å². The molecule has 0 spiro atoms. The topological polar surface area (TPSA) is 127 Å². The Bertz CT molecular complexity index is 1080. The molecule has 3 aromatic rings. The van der Waals surface area contributed by atoms with E-state index in [1.54, 1.807) is 6.07 Å². The number of carboxylic acid groups (broad SMARTS) is 1. The van der Waals surface area contributed by atoms with Crippen LogP contribution in [-0.2, 0) is 0 Å². The molecular weight excluding hydrogens is 346 g/mol. The Labute approximate surface area is 154 Å². The molecule has 2 heterocycles. The molecule has 4 rings (SSSR count). The molecule has 0 bridgehead atoms. The smallest absolute Gasteiger partial charge is 0.409 e. The molecule has 1 aliphatic carbocycles. The highest BCUT2D eigenvalue weighted by Gasteiger charge is 2.23. The summed E-state index contributed by atoms with van der Waals surface area (Å²) in [6.45, 7) is 1.82. The lowest BCUT2D eigenvalue weighted by Gasteiger charge is -2.13. The molecule has 9 heteroatoms. The molecule has 1 saturated carbocycles. The number of nitrogens with one attached hydrogen (secondary N) is 3. The summed E-state index contributed by atoms with van der Waals surface area (Å²) in [7, 11) is 0. The normalized spacial score (nSPS) is 13.2. The molecule has 2 aromatic heterocycles. The van der Waals surface area contributed by atoms with Crippen LogP contribution in [0.1, 0.15) is 24.1 Å². The van der Waals surface area contributed by atoms with Gasteiger partial charge >= 0.3 is 6.09 Å². The van der Waals surface area contributed by atoms with Gasteiger partial charge in [-0.15, -0.1) is 5.10 Å². The predicted molar refractivity (Wildman–Crippen MR) is 100 cm³/mol. The Kier molecular flexibility index (Phi) is 4.01. The van der Waals surface area contributed by atoms with Crippen LogP contribution in [0.15, 0.2) is 30.5 Å². The van der Waals surface area contributed by atoms with Crippen molar-refractivity contribution in [2.75, 3.05) is 16.0 Å². The van der Waals surface area contributed by atoms with Crippen molar-refractivity contribution in [3.63, 3.8) is 0 Å². The van der Waals surface area contributed by atoms with E-state index in [0.29, 0.717) is 34.6 Å². The van der Waals surface area contributed by atoms with Gasteiger partial charge in [0.05, 0.1) is 11.9 Å². The van der Waals surface area contributed by atoms with Gasteiger partial charge in [0.15, 0.2) is 17.2 Å². The minimum atomic E-state index is -1.12. The number of aryl methyl sites for hydroxylation is 1. The molecule has 136 valence electrons. The van der Waals surface area contributed by atoms with Crippen LogP contribution in [-0.4, -0.2) is 31.8 Å². The quantitative estimate of drug-likeness (QED) is 0.547. The summed E-state index contributed by atoms with van der Waals surface area (Å²) in [5.74, 6) is 0.519. The fourth-order valence-corrected chi connectivity index (χ4v) is 2.76. The summed E-state index contributed by atoms with van der Waals surface area (Å²) in [5.41, 5.74) is 3.71. The van der Waals surface area contributed by atoms with Crippen molar-refractivity contribution >= 4 is 34.6 Å². The van der Waals surface area contributed by atoms with Gasteiger partial charge in [0, 0.05) is 23.5 Å². The van der Waals surface area contributed by atoms with Crippen molar-refractivity contribution in [2.45, 2.75) is 25.8 Å². The van der Waals surface area contributed by atoms with Crippen LogP contribution in [0.5, 0.6) is 0 Å². The number of hydrogen-bond acceptors (Lipinski definition) is 6. The van der Waals surface area contributed by atoms with Gasteiger partial charge in [-0.3, -0.25) is 5.32 Å². The van der Waals surface area contributed by atoms with E-state index in [1.807, 2.05) is 25.1 Å². The lowest BCUT2D eigenvalue weighted by Crippen LogP contribution is -2.09. The Hall–Kier alpha value is -3.80. The van der Waals surface area contributed by atoms with E-state index in [2.05, 4.69) is 32.1 Å². The standard InChI is InChI=1S/C18H17N7O2/c1-10-2-3-12(6-14(10)23-18(26)27)22-16-7-15(21-11-4-5-11)17-20-9-13(8-19)25(17)24-16/h2-3,6-7,9,11,21,23H,4-5H2,1H3,(H,22,24)(H,26,27). The number of amides is 1. The number of nitriles is 1. The van der Waals surface area contributed by atoms with Gasteiger partial charge in [0.2, 0.25) is 0 Å². The summed E-state index contributed by atoms with van der Waals surface area (Å²) < 4.78 is 1.50. The van der Waals surface area contributed by atoms with E-state index >= 15 is 0 Å². The third-order valence-electron chi connectivity index (χ3n) is 4.27. The zero-order valence-corrected chi connectivity index (χ0v) is 14.5. The number of fused-ring (bicyclic) bond motifs is 1. The molecule has 0 saturated heterocycles. The fraction of sp³-hybridized carbons (Fsp3) is 0.222. The number of benzene rings is 1. The van der Waals surface area contributed by atoms with Crippen LogP contribution < -0.4 is 16.0 Å². The number of imidazole rings is 1. The molecular formula is C18H17N7O2. The molecule has 4 N–H and O–H groups in total. The summed E-state index contributed by atoms with van der Waals surface area (Å²) in [5, 5.41) is 31.6. The number of carbonyl (C=O) groups is 1. The summed E-state index contributed by atoms with van der Waals surface area (Å²) in [6, 6.07) is 9.68. The van der Waals surface area contributed by atoms with Gasteiger partial charge < -0.3 is 15.7 Å². The van der Waals surface area contributed by atoms with Crippen molar-refractivity contribution in [2.24, 2.45) is 0 Å². The van der Waals surface area contributed by atoms with Gasteiger partial charge in [-0.05, 0) is 37.5 Å². The fourth-order valence-electron chi connectivity index (χ4n) is 2.76. The van der Waals surface area contributed by atoms with E-state index in [4.69, 9.17) is 5.11 Å². The van der Waals surface area contributed by atoms with E-state index in [0.717, 1.165) is 24.1 Å². The molecule has 1 aromatic carbocycles. The molecule has 9 nitrogen and oxygen atoms in total. The van der Waals surface area contributed by atoms with Gasteiger partial charge in [-0.1, -0.05) is 6.07 Å². The third-order valence-corrected chi connectivity index (χ3v) is 4.27. The molecule has 0 aliphatic heterocycles. The van der Waals surface area contributed by atoms with E-state index in [-0.39, 0.29) is 0 Å². The van der Waals surface area contributed by atoms with Crippen molar-refractivity contribution in [1.82, 2.24) is 14.6 Å². The molecule has 1 fully saturated rings. The average Bonchev–Trinajstić information content (AvgIpc) is 3.34. The second-order valence-corrected chi connectivity index (χ2v) is 6.44. The number of aromatic nitrogens is 3. The first-order valence-electron chi connectivity index (χ1n) is 8.46. The first-order valence-corrected chi connectivity index (χ1v) is 8.46. The summed E-state index contributed by atoms with van der Waals surface area (Å²) in [4.78, 5) is 15.2. The van der Waals surface area contributed by atoms with Crippen molar-refractivity contribution in [3.05, 3.63) is 41.7 Å². The Balaban J connectivity index is 1.71. The van der Waals surface area contributed by atoms with E-state index in [1.165, 1.54) is 10.7 Å². The first kappa shape index (κ1) is 16.7. The molecule has 0 radical (unpaired) electrons. The highest BCUT2D eigenvalue weighted by Crippen LogP contribution is 2.30. The maximum Gasteiger partial charge on any atom is 0.409 e. The maximum atomic E-state index is 10.9. The number of anilines is 4. The van der Waals surface area contributed by atoms with Crippen LogP contribution in [0.2, 0.25) is 0 Å². The summed E-state index contributed by atoms with van der Waals surface area (Å²) in [6.07, 6.45) is 2.57. The molecule has 0 atom stereocenters. The minimum Gasteiger partial charge on any atom is -0.465 e. The SMILES string of the molecule is Cc1ccc(Nc2cc(NC3CC3)c3ncc(C#N)n3n2)cc1NC(=O)O. The monoisotopic (exact) mass is 363 g/mol. The summed E-state index contributed by atoms with van der Waals surface area (Å²) >= 11 is 0. The van der Waals surface area contributed by atoms with Crippen LogP contribution in [0.4, 0.5) is 27.7 Å². The Morgan fingerprint density at radius 1 is 1.33 bits per heavy atom. The minimum absolute atomic E-state index is 0.338. The molecule has 1 amide bonds. The van der Waals surface area contributed by atoms with Gasteiger partial charge in [-0.2, -0.15) is 9.78 Å². The average molecular weight is 363 g/mol. The van der Waals surface area contributed by atoms with Crippen LogP contribution in [0.3, 0.4) is 0 Å². The Morgan fingerprint density at radius 2 is 2.15 bits per heavy atom. The van der Waals surface area contributed by atoms with Gasteiger partial charge in [0.25, 0.3) is 0 Å². The lowest BCUT2D eigenvalue weighted by atomic mass is 10.2. The van der Waals surface area contributed by atoms with Crippen molar-refractivity contribution in [3.8, 4) is 6.07 Å². The zero-order chi connectivity index (χ0) is 19.0. The molecule has 0 unspecified atom stereocenters. The molecule has 27 heavy (non-hydrogen) atoms. The Morgan fingerprint density at radius 3 is 2.85 bits per heavy atom. The third kappa shape index (κ3) is 3.46. The number of rotatable bonds is 5. The highest BCUT2D eigenvalue weighted by molar-refractivity contribution is 5.85. The maximum absolute atomic E-state index is 10.9. The predicted octanol–water partition coefficient (Wildman–Crippen LogP) is 3.32. The highest BCUT2D eigenvalue weighted by atomic mass is 16.4.